The van der Waals surface area contributed by atoms with Gasteiger partial charge in [0, 0.05) is 6.04 Å². The van der Waals surface area contributed by atoms with Gasteiger partial charge in [0.1, 0.15) is 0 Å². The molecule has 1 fully saturated rings. The van der Waals surface area contributed by atoms with Crippen LogP contribution in [0.15, 0.2) is 24.3 Å². The van der Waals surface area contributed by atoms with Gasteiger partial charge in [0.05, 0.1) is 0 Å². The van der Waals surface area contributed by atoms with Gasteiger partial charge in [0.2, 0.25) is 0 Å². The van der Waals surface area contributed by atoms with E-state index in [4.69, 9.17) is 5.73 Å². The van der Waals surface area contributed by atoms with Crippen LogP contribution in [0.3, 0.4) is 0 Å². The van der Waals surface area contributed by atoms with Crippen LogP contribution in [0.4, 0.5) is 0 Å². The minimum Gasteiger partial charge on any atom is -0.324 e. The molecule has 0 spiro atoms. The molecule has 0 saturated heterocycles. The Morgan fingerprint density at radius 2 is 2.06 bits per heavy atom. The molecule has 1 aliphatic carbocycles. The Morgan fingerprint density at radius 3 is 2.75 bits per heavy atom. The van der Waals surface area contributed by atoms with Gasteiger partial charge < -0.3 is 5.73 Å². The molecule has 0 heterocycles. The third-order valence-corrected chi connectivity index (χ3v) is 3.85. The molecule has 0 radical (unpaired) electrons. The Labute approximate surface area is 99.0 Å². The van der Waals surface area contributed by atoms with Gasteiger partial charge in [-0.1, -0.05) is 56.9 Å². The van der Waals surface area contributed by atoms with Crippen molar-refractivity contribution in [3.8, 4) is 0 Å². The van der Waals surface area contributed by atoms with E-state index in [1.54, 1.807) is 0 Å². The Bertz CT molecular complexity index is 326. The lowest BCUT2D eigenvalue weighted by Gasteiger charge is -2.17. The Balaban J connectivity index is 1.98. The Hall–Kier alpha value is -0.820. The Kier molecular flexibility index (Phi) is 4.00. The molecule has 1 nitrogen and oxygen atoms in total. The van der Waals surface area contributed by atoms with E-state index in [0.29, 0.717) is 0 Å². The van der Waals surface area contributed by atoms with Crippen LogP contribution >= 0.6 is 0 Å². The predicted molar refractivity (Wildman–Crippen MR) is 69.3 cm³/mol. The topological polar surface area (TPSA) is 26.0 Å². The molecule has 0 aliphatic heterocycles. The van der Waals surface area contributed by atoms with Crippen molar-refractivity contribution in [2.45, 2.75) is 51.5 Å². The van der Waals surface area contributed by atoms with E-state index in [-0.39, 0.29) is 6.04 Å². The highest BCUT2D eigenvalue weighted by atomic mass is 14.6. The monoisotopic (exact) mass is 217 g/mol. The third-order valence-electron chi connectivity index (χ3n) is 3.85. The van der Waals surface area contributed by atoms with Crippen LogP contribution in [0.5, 0.6) is 0 Å². The fourth-order valence-corrected chi connectivity index (χ4v) is 2.78. The maximum absolute atomic E-state index is 6.30. The lowest BCUT2D eigenvalue weighted by molar-refractivity contribution is 0.450. The summed E-state index contributed by atoms with van der Waals surface area (Å²) in [6.07, 6.45) is 7.87. The molecular formula is C15H23N. The number of hydrogen-bond acceptors (Lipinski definition) is 1. The second-order valence-electron chi connectivity index (χ2n) is 5.09. The average Bonchev–Trinajstić information content (AvgIpc) is 2.82. The van der Waals surface area contributed by atoms with Crippen molar-refractivity contribution in [1.29, 1.82) is 0 Å². The first-order valence-electron chi connectivity index (χ1n) is 6.64. The molecule has 1 atom stereocenters. The fourth-order valence-electron chi connectivity index (χ4n) is 2.78. The molecule has 1 aliphatic rings. The van der Waals surface area contributed by atoms with Crippen LogP contribution in [0.1, 0.15) is 56.2 Å². The highest BCUT2D eigenvalue weighted by Gasteiger charge is 2.18. The van der Waals surface area contributed by atoms with E-state index in [1.807, 2.05) is 0 Å². The molecule has 1 aromatic carbocycles. The molecule has 0 amide bonds. The van der Waals surface area contributed by atoms with E-state index >= 15 is 0 Å². The van der Waals surface area contributed by atoms with Crippen LogP contribution in [0, 0.1) is 5.92 Å². The summed E-state index contributed by atoms with van der Waals surface area (Å²) >= 11 is 0. The van der Waals surface area contributed by atoms with Gasteiger partial charge in [-0.05, 0) is 29.9 Å². The SMILES string of the molecule is CCc1cccc(C(N)CC2CCCC2)c1. The minimum absolute atomic E-state index is 0.245. The summed E-state index contributed by atoms with van der Waals surface area (Å²) in [5.74, 6) is 0.875. The third kappa shape index (κ3) is 2.85. The zero-order valence-electron chi connectivity index (χ0n) is 10.3. The smallest absolute Gasteiger partial charge is 0.0297 e. The van der Waals surface area contributed by atoms with E-state index in [2.05, 4.69) is 31.2 Å². The first-order valence-corrected chi connectivity index (χ1v) is 6.64. The zero-order chi connectivity index (χ0) is 11.4. The average molecular weight is 217 g/mol. The van der Waals surface area contributed by atoms with E-state index in [9.17, 15) is 0 Å². The minimum atomic E-state index is 0.245. The second-order valence-corrected chi connectivity index (χ2v) is 5.09. The normalized spacial score (nSPS) is 18.9. The molecule has 0 bridgehead atoms. The van der Waals surface area contributed by atoms with Gasteiger partial charge in [-0.15, -0.1) is 0 Å². The summed E-state index contributed by atoms with van der Waals surface area (Å²) in [6.45, 7) is 2.20. The zero-order valence-corrected chi connectivity index (χ0v) is 10.3. The second kappa shape index (κ2) is 5.49. The summed E-state index contributed by atoms with van der Waals surface area (Å²) in [5.41, 5.74) is 9.03. The van der Waals surface area contributed by atoms with Gasteiger partial charge in [-0.25, -0.2) is 0 Å². The first-order chi connectivity index (χ1) is 7.79. The highest BCUT2D eigenvalue weighted by Crippen LogP contribution is 2.32. The molecule has 1 aromatic rings. The molecule has 0 aromatic heterocycles. The van der Waals surface area contributed by atoms with Gasteiger partial charge in [-0.2, -0.15) is 0 Å². The van der Waals surface area contributed by atoms with Crippen molar-refractivity contribution >= 4 is 0 Å². The van der Waals surface area contributed by atoms with Crippen molar-refractivity contribution in [1.82, 2.24) is 0 Å². The number of aryl methyl sites for hydroxylation is 1. The maximum Gasteiger partial charge on any atom is 0.0297 e. The quantitative estimate of drug-likeness (QED) is 0.815. The first kappa shape index (κ1) is 11.7. The van der Waals surface area contributed by atoms with Crippen molar-refractivity contribution in [2.24, 2.45) is 11.7 Å². The summed E-state index contributed by atoms with van der Waals surface area (Å²) in [6, 6.07) is 9.03. The molecule has 1 saturated carbocycles. The number of rotatable bonds is 4. The van der Waals surface area contributed by atoms with E-state index < -0.39 is 0 Å². The fraction of sp³-hybridized carbons (Fsp3) is 0.600. The molecule has 1 unspecified atom stereocenters. The van der Waals surface area contributed by atoms with Crippen LogP contribution in [-0.4, -0.2) is 0 Å². The summed E-state index contributed by atoms with van der Waals surface area (Å²) in [7, 11) is 0. The van der Waals surface area contributed by atoms with Crippen molar-refractivity contribution in [3.05, 3.63) is 35.4 Å². The van der Waals surface area contributed by atoms with Gasteiger partial charge in [-0.3, -0.25) is 0 Å². The van der Waals surface area contributed by atoms with Gasteiger partial charge in [0.25, 0.3) is 0 Å². The maximum atomic E-state index is 6.30. The van der Waals surface area contributed by atoms with E-state index in [1.165, 1.54) is 43.2 Å². The number of nitrogens with two attached hydrogens (primary N) is 1. The van der Waals surface area contributed by atoms with Gasteiger partial charge >= 0.3 is 0 Å². The highest BCUT2D eigenvalue weighted by molar-refractivity contribution is 5.25. The summed E-state index contributed by atoms with van der Waals surface area (Å²) in [4.78, 5) is 0. The molecule has 2 rings (SSSR count). The molecule has 1 heteroatoms. The van der Waals surface area contributed by atoms with Crippen LogP contribution in [0.2, 0.25) is 0 Å². The largest absolute Gasteiger partial charge is 0.324 e. The summed E-state index contributed by atoms with van der Waals surface area (Å²) < 4.78 is 0. The van der Waals surface area contributed by atoms with Crippen molar-refractivity contribution < 1.29 is 0 Å². The van der Waals surface area contributed by atoms with Gasteiger partial charge in [0.15, 0.2) is 0 Å². The molecular weight excluding hydrogens is 194 g/mol. The van der Waals surface area contributed by atoms with Crippen LogP contribution < -0.4 is 5.73 Å². The van der Waals surface area contributed by atoms with E-state index in [0.717, 1.165) is 12.3 Å². The van der Waals surface area contributed by atoms with Crippen molar-refractivity contribution in [2.75, 3.05) is 0 Å². The Morgan fingerprint density at radius 1 is 1.31 bits per heavy atom. The number of benzene rings is 1. The predicted octanol–water partition coefficient (Wildman–Crippen LogP) is 3.83. The number of hydrogen-bond donors (Lipinski definition) is 1. The van der Waals surface area contributed by atoms with Crippen LogP contribution in [-0.2, 0) is 6.42 Å². The lowest BCUT2D eigenvalue weighted by Crippen LogP contribution is -2.14. The van der Waals surface area contributed by atoms with Crippen molar-refractivity contribution in [3.63, 3.8) is 0 Å². The van der Waals surface area contributed by atoms with Crippen LogP contribution in [0.25, 0.3) is 0 Å². The summed E-state index contributed by atoms with van der Waals surface area (Å²) in [5, 5.41) is 0. The standard InChI is InChI=1S/C15H23N/c1-2-12-8-5-9-14(10-12)15(16)11-13-6-3-4-7-13/h5,8-10,13,15H,2-4,6-7,11,16H2,1H3. The molecule has 16 heavy (non-hydrogen) atoms. The molecule has 88 valence electrons. The molecule has 2 N–H and O–H groups in total. The lowest BCUT2D eigenvalue weighted by atomic mass is 9.93.